The second-order valence-electron chi connectivity index (χ2n) is 6.88. The standard InChI is InChI=1S/C20H22ClNO/c21-18-8-6-17(7-9-18)20(23,16-4-2-1-3-5-16)19-14-22-12-10-15(19)11-13-22/h1-9,15,19,23H,10-14H2/t19-,20+/m1/s1. The fourth-order valence-corrected chi connectivity index (χ4v) is 4.56. The first-order valence-corrected chi connectivity index (χ1v) is 8.82. The topological polar surface area (TPSA) is 23.5 Å². The number of halogens is 1. The number of hydrogen-bond acceptors (Lipinski definition) is 2. The zero-order valence-corrected chi connectivity index (χ0v) is 13.9. The van der Waals surface area contributed by atoms with Crippen molar-refractivity contribution >= 4 is 11.6 Å². The van der Waals surface area contributed by atoms with Gasteiger partial charge in [-0.25, -0.2) is 0 Å². The van der Waals surface area contributed by atoms with Crippen LogP contribution in [0.3, 0.4) is 0 Å². The lowest BCUT2D eigenvalue weighted by Crippen LogP contribution is -2.55. The van der Waals surface area contributed by atoms with E-state index in [-0.39, 0.29) is 5.92 Å². The van der Waals surface area contributed by atoms with Crippen molar-refractivity contribution in [2.75, 3.05) is 19.6 Å². The lowest BCUT2D eigenvalue weighted by atomic mass is 9.65. The molecule has 0 amide bonds. The minimum atomic E-state index is -0.949. The molecule has 3 aliphatic heterocycles. The molecule has 0 unspecified atom stereocenters. The molecule has 0 radical (unpaired) electrons. The molecular formula is C20H22ClNO. The zero-order valence-electron chi connectivity index (χ0n) is 13.2. The summed E-state index contributed by atoms with van der Waals surface area (Å²) >= 11 is 6.07. The molecule has 2 aromatic carbocycles. The zero-order chi connectivity index (χ0) is 15.9. The maximum absolute atomic E-state index is 11.9. The van der Waals surface area contributed by atoms with Crippen LogP contribution in [-0.2, 0) is 5.60 Å². The van der Waals surface area contributed by atoms with E-state index in [1.165, 1.54) is 25.9 Å². The highest BCUT2D eigenvalue weighted by atomic mass is 35.5. The quantitative estimate of drug-likeness (QED) is 0.923. The Hall–Kier alpha value is -1.35. The van der Waals surface area contributed by atoms with E-state index < -0.39 is 5.60 Å². The van der Waals surface area contributed by atoms with Crippen LogP contribution >= 0.6 is 11.6 Å². The minimum absolute atomic E-state index is 0.230. The van der Waals surface area contributed by atoms with Crippen LogP contribution in [0.1, 0.15) is 24.0 Å². The molecule has 5 rings (SSSR count). The van der Waals surface area contributed by atoms with Crippen LogP contribution < -0.4 is 0 Å². The van der Waals surface area contributed by atoms with Crippen LogP contribution in [0.5, 0.6) is 0 Å². The average Bonchev–Trinajstić information content (AvgIpc) is 2.63. The molecule has 3 aliphatic rings. The minimum Gasteiger partial charge on any atom is -0.380 e. The van der Waals surface area contributed by atoms with Gasteiger partial charge in [0.15, 0.2) is 0 Å². The number of rotatable bonds is 3. The molecule has 3 heterocycles. The number of hydrogen-bond donors (Lipinski definition) is 1. The summed E-state index contributed by atoms with van der Waals surface area (Å²) in [7, 11) is 0. The van der Waals surface area contributed by atoms with E-state index in [0.717, 1.165) is 17.7 Å². The first-order chi connectivity index (χ1) is 11.2. The van der Waals surface area contributed by atoms with Crippen molar-refractivity contribution in [2.45, 2.75) is 18.4 Å². The summed E-state index contributed by atoms with van der Waals surface area (Å²) in [6.07, 6.45) is 2.38. The Labute approximate surface area is 142 Å². The van der Waals surface area contributed by atoms with E-state index in [9.17, 15) is 5.11 Å². The van der Waals surface area contributed by atoms with Crippen LogP contribution in [0.2, 0.25) is 5.02 Å². The van der Waals surface area contributed by atoms with Gasteiger partial charge in [0, 0.05) is 17.5 Å². The van der Waals surface area contributed by atoms with Crippen molar-refractivity contribution in [2.24, 2.45) is 11.8 Å². The van der Waals surface area contributed by atoms with E-state index >= 15 is 0 Å². The highest BCUT2D eigenvalue weighted by Gasteiger charge is 2.48. The van der Waals surface area contributed by atoms with Gasteiger partial charge in [0.05, 0.1) is 0 Å². The lowest BCUT2D eigenvalue weighted by molar-refractivity contribution is -0.0764. The van der Waals surface area contributed by atoms with Gasteiger partial charge in [0.25, 0.3) is 0 Å². The predicted octanol–water partition coefficient (Wildman–Crippen LogP) is 3.92. The van der Waals surface area contributed by atoms with E-state index in [2.05, 4.69) is 4.90 Å². The molecule has 2 bridgehead atoms. The summed E-state index contributed by atoms with van der Waals surface area (Å²) < 4.78 is 0. The lowest BCUT2D eigenvalue weighted by Gasteiger charge is -2.51. The van der Waals surface area contributed by atoms with Gasteiger partial charge in [-0.15, -0.1) is 0 Å². The van der Waals surface area contributed by atoms with Crippen molar-refractivity contribution < 1.29 is 5.11 Å². The van der Waals surface area contributed by atoms with Gasteiger partial charge in [-0.1, -0.05) is 54.1 Å². The van der Waals surface area contributed by atoms with Crippen molar-refractivity contribution in [3.05, 3.63) is 70.7 Å². The molecule has 3 fully saturated rings. The SMILES string of the molecule is O[C@@](c1ccccc1)(c1ccc(Cl)cc1)[C@@H]1CN2CCC1CC2. The molecule has 0 aromatic heterocycles. The number of aliphatic hydroxyl groups is 1. The number of benzene rings is 2. The maximum Gasteiger partial charge on any atom is 0.119 e. The van der Waals surface area contributed by atoms with Crippen LogP contribution in [0.15, 0.2) is 54.6 Å². The Morgan fingerprint density at radius 1 is 0.913 bits per heavy atom. The number of piperidine rings is 3. The first-order valence-electron chi connectivity index (χ1n) is 8.44. The summed E-state index contributed by atoms with van der Waals surface area (Å²) in [4.78, 5) is 2.49. The molecule has 120 valence electrons. The van der Waals surface area contributed by atoms with E-state index in [1.807, 2.05) is 54.6 Å². The smallest absolute Gasteiger partial charge is 0.119 e. The molecule has 0 saturated carbocycles. The molecule has 3 saturated heterocycles. The molecule has 2 aromatic rings. The molecule has 2 nitrogen and oxygen atoms in total. The Morgan fingerprint density at radius 3 is 2.09 bits per heavy atom. The molecular weight excluding hydrogens is 306 g/mol. The van der Waals surface area contributed by atoms with Crippen molar-refractivity contribution in [3.63, 3.8) is 0 Å². The third-order valence-electron chi connectivity index (χ3n) is 5.69. The van der Waals surface area contributed by atoms with Crippen molar-refractivity contribution in [1.29, 1.82) is 0 Å². The fraction of sp³-hybridized carbons (Fsp3) is 0.400. The summed E-state index contributed by atoms with van der Waals surface area (Å²) in [6.45, 7) is 3.32. The Morgan fingerprint density at radius 2 is 1.52 bits per heavy atom. The molecule has 0 spiro atoms. The molecule has 2 atom stereocenters. The highest BCUT2D eigenvalue weighted by molar-refractivity contribution is 6.30. The Kier molecular flexibility index (Phi) is 3.92. The largest absolute Gasteiger partial charge is 0.380 e. The van der Waals surface area contributed by atoms with Gasteiger partial charge >= 0.3 is 0 Å². The predicted molar refractivity (Wildman–Crippen MR) is 93.5 cm³/mol. The monoisotopic (exact) mass is 327 g/mol. The van der Waals surface area contributed by atoms with E-state index in [4.69, 9.17) is 11.6 Å². The van der Waals surface area contributed by atoms with Crippen molar-refractivity contribution in [3.8, 4) is 0 Å². The number of fused-ring (bicyclic) bond motifs is 3. The van der Waals surface area contributed by atoms with Gasteiger partial charge in [-0.3, -0.25) is 0 Å². The fourth-order valence-electron chi connectivity index (χ4n) is 4.43. The third-order valence-corrected chi connectivity index (χ3v) is 5.94. The Balaban J connectivity index is 1.82. The van der Waals surface area contributed by atoms with Gasteiger partial charge in [-0.05, 0) is 55.1 Å². The van der Waals surface area contributed by atoms with E-state index in [0.29, 0.717) is 10.9 Å². The first kappa shape index (κ1) is 15.2. The normalized spacial score (nSPS) is 29.2. The second kappa shape index (κ2) is 5.94. The van der Waals surface area contributed by atoms with Crippen LogP contribution in [0.4, 0.5) is 0 Å². The summed E-state index contributed by atoms with van der Waals surface area (Å²) in [5.74, 6) is 0.814. The summed E-state index contributed by atoms with van der Waals surface area (Å²) in [6, 6.07) is 17.8. The van der Waals surface area contributed by atoms with Gasteiger partial charge in [-0.2, -0.15) is 0 Å². The molecule has 23 heavy (non-hydrogen) atoms. The van der Waals surface area contributed by atoms with Crippen molar-refractivity contribution in [1.82, 2.24) is 4.90 Å². The van der Waals surface area contributed by atoms with Gasteiger partial charge in [0.1, 0.15) is 5.60 Å². The Bertz CT molecular complexity index is 664. The highest BCUT2D eigenvalue weighted by Crippen LogP contribution is 2.47. The van der Waals surface area contributed by atoms with Crippen LogP contribution in [0, 0.1) is 11.8 Å². The van der Waals surface area contributed by atoms with Gasteiger partial charge < -0.3 is 10.0 Å². The molecule has 0 aliphatic carbocycles. The summed E-state index contributed by atoms with van der Waals surface area (Å²) in [5.41, 5.74) is 0.989. The average molecular weight is 328 g/mol. The second-order valence-corrected chi connectivity index (χ2v) is 7.32. The van der Waals surface area contributed by atoms with E-state index in [1.54, 1.807) is 0 Å². The summed E-state index contributed by atoms with van der Waals surface area (Å²) in [5, 5.41) is 12.6. The molecule has 3 heteroatoms. The van der Waals surface area contributed by atoms with Gasteiger partial charge in [0.2, 0.25) is 0 Å². The third kappa shape index (κ3) is 2.59. The number of nitrogens with zero attached hydrogens (tertiary/aromatic N) is 1. The van der Waals surface area contributed by atoms with Crippen LogP contribution in [0.25, 0.3) is 0 Å². The maximum atomic E-state index is 11.9. The van der Waals surface area contributed by atoms with Crippen LogP contribution in [-0.4, -0.2) is 29.6 Å². The molecule has 1 N–H and O–H groups in total.